The standard InChI is InChI=1S/C18H26N2O/c21-18(20-13-5-6-14-20)11-12-19-17-10-4-2-8-15-7-1-3-9-16(15)17/h1,3,7,9,17,19H,2,4-6,8,10-14H2. The highest BCUT2D eigenvalue weighted by atomic mass is 16.2. The minimum Gasteiger partial charge on any atom is -0.343 e. The Kier molecular flexibility index (Phi) is 4.91. The molecular formula is C18H26N2O. The number of likely N-dealkylation sites (tertiary alicyclic amines) is 1. The van der Waals surface area contributed by atoms with Gasteiger partial charge in [-0.25, -0.2) is 0 Å². The van der Waals surface area contributed by atoms with Gasteiger partial charge in [-0.15, -0.1) is 0 Å². The van der Waals surface area contributed by atoms with Crippen molar-refractivity contribution < 1.29 is 4.79 Å². The normalized spacial score (nSPS) is 21.9. The number of nitrogens with one attached hydrogen (secondary N) is 1. The zero-order valence-corrected chi connectivity index (χ0v) is 12.8. The molecule has 0 saturated carbocycles. The zero-order chi connectivity index (χ0) is 14.5. The Morgan fingerprint density at radius 2 is 1.95 bits per heavy atom. The van der Waals surface area contributed by atoms with E-state index < -0.39 is 0 Å². The van der Waals surface area contributed by atoms with Gasteiger partial charge in [0, 0.05) is 32.1 Å². The molecule has 1 aromatic rings. The Morgan fingerprint density at radius 1 is 1.14 bits per heavy atom. The van der Waals surface area contributed by atoms with Crippen LogP contribution in [0.2, 0.25) is 0 Å². The number of carbonyl (C=O) groups is 1. The van der Waals surface area contributed by atoms with Crippen LogP contribution in [0.1, 0.15) is 55.7 Å². The fourth-order valence-corrected chi connectivity index (χ4v) is 3.61. The van der Waals surface area contributed by atoms with Gasteiger partial charge >= 0.3 is 0 Å². The predicted molar refractivity (Wildman–Crippen MR) is 85.2 cm³/mol. The van der Waals surface area contributed by atoms with E-state index in [-0.39, 0.29) is 0 Å². The molecule has 3 heteroatoms. The molecule has 3 rings (SSSR count). The summed E-state index contributed by atoms with van der Waals surface area (Å²) in [7, 11) is 0. The van der Waals surface area contributed by atoms with Gasteiger partial charge in [-0.3, -0.25) is 4.79 Å². The molecule has 1 saturated heterocycles. The number of amides is 1. The van der Waals surface area contributed by atoms with E-state index in [2.05, 4.69) is 29.6 Å². The van der Waals surface area contributed by atoms with Crippen LogP contribution in [-0.4, -0.2) is 30.4 Å². The molecule has 3 nitrogen and oxygen atoms in total. The van der Waals surface area contributed by atoms with E-state index in [1.165, 1.54) is 49.7 Å². The van der Waals surface area contributed by atoms with Crippen LogP contribution in [0.3, 0.4) is 0 Å². The number of benzene rings is 1. The minimum absolute atomic E-state index is 0.321. The number of hydrogen-bond donors (Lipinski definition) is 1. The van der Waals surface area contributed by atoms with Crippen molar-refractivity contribution in [3.05, 3.63) is 35.4 Å². The molecule has 1 fully saturated rings. The van der Waals surface area contributed by atoms with Gasteiger partial charge in [0.25, 0.3) is 0 Å². The van der Waals surface area contributed by atoms with Crippen LogP contribution in [0.25, 0.3) is 0 Å². The highest BCUT2D eigenvalue weighted by molar-refractivity contribution is 5.76. The smallest absolute Gasteiger partial charge is 0.223 e. The molecular weight excluding hydrogens is 260 g/mol. The molecule has 2 aliphatic rings. The molecule has 0 spiro atoms. The Hall–Kier alpha value is -1.35. The maximum Gasteiger partial charge on any atom is 0.223 e. The molecule has 114 valence electrons. The molecule has 1 aliphatic heterocycles. The largest absolute Gasteiger partial charge is 0.343 e. The van der Waals surface area contributed by atoms with Crippen molar-refractivity contribution >= 4 is 5.91 Å². The van der Waals surface area contributed by atoms with Gasteiger partial charge in [-0.2, -0.15) is 0 Å². The van der Waals surface area contributed by atoms with Crippen molar-refractivity contribution in [2.24, 2.45) is 0 Å². The molecule has 0 bridgehead atoms. The SMILES string of the molecule is O=C(CCNC1CCCCc2ccccc21)N1CCCC1. The Labute approximate surface area is 127 Å². The number of rotatable bonds is 4. The third-order valence-corrected chi connectivity index (χ3v) is 4.81. The van der Waals surface area contributed by atoms with Gasteiger partial charge in [-0.1, -0.05) is 30.7 Å². The van der Waals surface area contributed by atoms with Crippen molar-refractivity contribution in [3.63, 3.8) is 0 Å². The van der Waals surface area contributed by atoms with Crippen LogP contribution in [-0.2, 0) is 11.2 Å². The first-order valence-corrected chi connectivity index (χ1v) is 8.43. The molecule has 1 N–H and O–H groups in total. The molecule has 1 aromatic carbocycles. The van der Waals surface area contributed by atoms with E-state index in [0.29, 0.717) is 18.4 Å². The lowest BCUT2D eigenvalue weighted by molar-refractivity contribution is -0.130. The molecule has 0 aromatic heterocycles. The topological polar surface area (TPSA) is 32.3 Å². The Bertz CT molecular complexity index is 480. The summed E-state index contributed by atoms with van der Waals surface area (Å²) in [4.78, 5) is 14.1. The summed E-state index contributed by atoms with van der Waals surface area (Å²) in [6.07, 6.45) is 7.92. The lowest BCUT2D eigenvalue weighted by atomic mass is 9.99. The first-order chi connectivity index (χ1) is 10.3. The second-order valence-electron chi connectivity index (χ2n) is 6.29. The van der Waals surface area contributed by atoms with Crippen molar-refractivity contribution in [2.45, 2.75) is 51.0 Å². The first-order valence-electron chi connectivity index (χ1n) is 8.43. The third-order valence-electron chi connectivity index (χ3n) is 4.81. The Balaban J connectivity index is 1.54. The second kappa shape index (κ2) is 7.08. The fourth-order valence-electron chi connectivity index (χ4n) is 3.61. The molecule has 1 unspecified atom stereocenters. The van der Waals surface area contributed by atoms with Crippen LogP contribution in [0.4, 0.5) is 0 Å². The van der Waals surface area contributed by atoms with Gasteiger partial charge < -0.3 is 10.2 Å². The van der Waals surface area contributed by atoms with E-state index >= 15 is 0 Å². The number of fused-ring (bicyclic) bond motifs is 1. The minimum atomic E-state index is 0.321. The maximum absolute atomic E-state index is 12.1. The van der Waals surface area contributed by atoms with E-state index in [1.54, 1.807) is 0 Å². The fraction of sp³-hybridized carbons (Fsp3) is 0.611. The van der Waals surface area contributed by atoms with Gasteiger partial charge in [0.05, 0.1) is 0 Å². The average molecular weight is 286 g/mol. The maximum atomic E-state index is 12.1. The summed E-state index contributed by atoms with van der Waals surface area (Å²) in [5, 5.41) is 3.62. The van der Waals surface area contributed by atoms with E-state index in [9.17, 15) is 4.79 Å². The van der Waals surface area contributed by atoms with Crippen molar-refractivity contribution in [1.29, 1.82) is 0 Å². The van der Waals surface area contributed by atoms with Crippen LogP contribution < -0.4 is 5.32 Å². The van der Waals surface area contributed by atoms with E-state index in [0.717, 1.165) is 19.6 Å². The van der Waals surface area contributed by atoms with Gasteiger partial charge in [0.1, 0.15) is 0 Å². The van der Waals surface area contributed by atoms with Crippen molar-refractivity contribution in [1.82, 2.24) is 10.2 Å². The van der Waals surface area contributed by atoms with Gasteiger partial charge in [0.2, 0.25) is 5.91 Å². The average Bonchev–Trinajstić information content (AvgIpc) is 2.97. The van der Waals surface area contributed by atoms with E-state index in [1.807, 2.05) is 4.90 Å². The summed E-state index contributed by atoms with van der Waals surface area (Å²) in [5.74, 6) is 0.321. The monoisotopic (exact) mass is 286 g/mol. The molecule has 1 atom stereocenters. The van der Waals surface area contributed by atoms with Crippen LogP contribution in [0, 0.1) is 0 Å². The van der Waals surface area contributed by atoms with Gasteiger partial charge in [-0.05, 0) is 43.2 Å². The highest BCUT2D eigenvalue weighted by Gasteiger charge is 2.20. The van der Waals surface area contributed by atoms with Crippen LogP contribution in [0.5, 0.6) is 0 Å². The molecule has 21 heavy (non-hydrogen) atoms. The summed E-state index contributed by atoms with van der Waals surface area (Å²) in [6, 6.07) is 9.20. The number of aryl methyl sites for hydroxylation is 1. The lowest BCUT2D eigenvalue weighted by Crippen LogP contribution is -2.32. The van der Waals surface area contributed by atoms with Crippen LogP contribution in [0.15, 0.2) is 24.3 Å². The third kappa shape index (κ3) is 3.65. The molecule has 1 aliphatic carbocycles. The summed E-state index contributed by atoms with van der Waals surface area (Å²) >= 11 is 0. The zero-order valence-electron chi connectivity index (χ0n) is 12.8. The van der Waals surface area contributed by atoms with Crippen molar-refractivity contribution in [3.8, 4) is 0 Å². The summed E-state index contributed by atoms with van der Waals surface area (Å²) < 4.78 is 0. The number of carbonyl (C=O) groups excluding carboxylic acids is 1. The number of hydrogen-bond acceptors (Lipinski definition) is 2. The number of nitrogens with zero attached hydrogens (tertiary/aromatic N) is 1. The van der Waals surface area contributed by atoms with Crippen LogP contribution >= 0.6 is 0 Å². The van der Waals surface area contributed by atoms with E-state index in [4.69, 9.17) is 0 Å². The molecule has 0 radical (unpaired) electrons. The Morgan fingerprint density at radius 3 is 2.81 bits per heavy atom. The summed E-state index contributed by atoms with van der Waals surface area (Å²) in [6.45, 7) is 2.73. The first kappa shape index (κ1) is 14.6. The summed E-state index contributed by atoms with van der Waals surface area (Å²) in [5.41, 5.74) is 2.93. The van der Waals surface area contributed by atoms with Crippen molar-refractivity contribution in [2.75, 3.05) is 19.6 Å². The molecule has 1 heterocycles. The second-order valence-corrected chi connectivity index (χ2v) is 6.29. The predicted octanol–water partition coefficient (Wildman–Crippen LogP) is 3.06. The lowest BCUT2D eigenvalue weighted by Gasteiger charge is -2.20. The van der Waals surface area contributed by atoms with Gasteiger partial charge in [0.15, 0.2) is 0 Å². The quantitative estimate of drug-likeness (QED) is 0.863. The highest BCUT2D eigenvalue weighted by Crippen LogP contribution is 2.28. The molecule has 1 amide bonds.